The Kier molecular flexibility index (Phi) is 5.23. The number of nitrogens with zero attached hydrogens (tertiary/aromatic N) is 1. The van der Waals surface area contributed by atoms with Crippen molar-refractivity contribution < 1.29 is 19.1 Å². The summed E-state index contributed by atoms with van der Waals surface area (Å²) in [4.78, 5) is 38.1. The van der Waals surface area contributed by atoms with Gasteiger partial charge in [-0.15, -0.1) is 0 Å². The molecule has 0 saturated carbocycles. The lowest BCUT2D eigenvalue weighted by Gasteiger charge is -2.19. The van der Waals surface area contributed by atoms with Gasteiger partial charge in [-0.05, 0) is 26.8 Å². The first-order valence-electron chi connectivity index (χ1n) is 6.19. The fourth-order valence-electron chi connectivity index (χ4n) is 1.37. The van der Waals surface area contributed by atoms with Gasteiger partial charge in [-0.25, -0.2) is 4.79 Å². The van der Waals surface area contributed by atoms with Gasteiger partial charge in [0.1, 0.15) is 12.1 Å². The Labute approximate surface area is 122 Å². The normalized spacial score (nSPS) is 10.6. The minimum Gasteiger partial charge on any atom is -0.444 e. The van der Waals surface area contributed by atoms with E-state index in [2.05, 4.69) is 15.6 Å². The van der Waals surface area contributed by atoms with Gasteiger partial charge >= 0.3 is 6.09 Å². The number of alkyl carbamates (subject to hydrolysis) is 1. The van der Waals surface area contributed by atoms with E-state index in [1.807, 2.05) is 0 Å². The van der Waals surface area contributed by atoms with Crippen LogP contribution in [-0.2, 0) is 9.53 Å². The number of nitrogens with two attached hydrogens (primary N) is 1. The summed E-state index contributed by atoms with van der Waals surface area (Å²) in [5, 5.41) is 4.74. The quantitative estimate of drug-likeness (QED) is 0.752. The number of hydrogen-bond acceptors (Lipinski definition) is 5. The van der Waals surface area contributed by atoms with Crippen molar-refractivity contribution in [1.82, 2.24) is 10.3 Å². The predicted molar refractivity (Wildman–Crippen MR) is 75.6 cm³/mol. The van der Waals surface area contributed by atoms with Crippen LogP contribution in [0.15, 0.2) is 18.5 Å². The second kappa shape index (κ2) is 6.69. The van der Waals surface area contributed by atoms with E-state index in [1.54, 1.807) is 20.8 Å². The largest absolute Gasteiger partial charge is 0.444 e. The average molecular weight is 294 g/mol. The number of hydrogen-bond donors (Lipinski definition) is 3. The smallest absolute Gasteiger partial charge is 0.408 e. The van der Waals surface area contributed by atoms with Crippen LogP contribution in [0.2, 0.25) is 0 Å². The van der Waals surface area contributed by atoms with E-state index in [9.17, 15) is 14.4 Å². The van der Waals surface area contributed by atoms with E-state index >= 15 is 0 Å². The second-order valence-corrected chi connectivity index (χ2v) is 5.19. The maximum Gasteiger partial charge on any atom is 0.408 e. The first-order chi connectivity index (χ1) is 9.69. The lowest BCUT2D eigenvalue weighted by Crippen LogP contribution is -2.37. The molecule has 0 aromatic carbocycles. The summed E-state index contributed by atoms with van der Waals surface area (Å²) in [5.41, 5.74) is 4.84. The van der Waals surface area contributed by atoms with Crippen molar-refractivity contribution in [3.63, 3.8) is 0 Å². The molecule has 1 rings (SSSR count). The number of anilines is 1. The molecule has 1 heterocycles. The molecule has 8 heteroatoms. The van der Waals surface area contributed by atoms with Crippen LogP contribution in [0.25, 0.3) is 0 Å². The predicted octanol–water partition coefficient (Wildman–Crippen LogP) is 0.644. The monoisotopic (exact) mass is 294 g/mol. The van der Waals surface area contributed by atoms with Crippen molar-refractivity contribution in [2.45, 2.75) is 26.4 Å². The lowest BCUT2D eigenvalue weighted by molar-refractivity contribution is -0.115. The highest BCUT2D eigenvalue weighted by molar-refractivity contribution is 6.03. The van der Waals surface area contributed by atoms with E-state index in [4.69, 9.17) is 10.5 Å². The Morgan fingerprint density at radius 2 is 2.00 bits per heavy atom. The fourth-order valence-corrected chi connectivity index (χ4v) is 1.37. The summed E-state index contributed by atoms with van der Waals surface area (Å²) in [6.07, 6.45) is 1.97. The van der Waals surface area contributed by atoms with Crippen LogP contribution in [0.4, 0.5) is 10.5 Å². The minimum atomic E-state index is -0.709. The van der Waals surface area contributed by atoms with Gasteiger partial charge in [-0.2, -0.15) is 0 Å². The first kappa shape index (κ1) is 16.4. The van der Waals surface area contributed by atoms with Crippen molar-refractivity contribution in [1.29, 1.82) is 0 Å². The summed E-state index contributed by atoms with van der Waals surface area (Å²) in [6, 6.07) is 1.39. The van der Waals surface area contributed by atoms with Gasteiger partial charge in [0, 0.05) is 6.20 Å². The Morgan fingerprint density at radius 3 is 2.57 bits per heavy atom. The van der Waals surface area contributed by atoms with E-state index < -0.39 is 23.5 Å². The number of aromatic nitrogens is 1. The van der Waals surface area contributed by atoms with Crippen molar-refractivity contribution in [3.8, 4) is 0 Å². The van der Waals surface area contributed by atoms with Crippen molar-refractivity contribution in [3.05, 3.63) is 24.0 Å². The standard InChI is InChI=1S/C13H18N4O4/c1-13(2,3)21-12(20)16-7-10(18)17-9-6-15-5-4-8(9)11(14)19/h4-6H,7H2,1-3H3,(H2,14,19)(H,16,20)(H,17,18). The molecule has 0 unspecified atom stereocenters. The molecular formula is C13H18N4O4. The Bertz CT molecular complexity index is 551. The first-order valence-corrected chi connectivity index (χ1v) is 6.19. The van der Waals surface area contributed by atoms with Crippen molar-refractivity contribution >= 4 is 23.6 Å². The zero-order valence-electron chi connectivity index (χ0n) is 12.1. The van der Waals surface area contributed by atoms with Crippen molar-refractivity contribution in [2.75, 3.05) is 11.9 Å². The van der Waals surface area contributed by atoms with Crippen molar-refractivity contribution in [2.24, 2.45) is 5.73 Å². The molecule has 0 saturated heterocycles. The molecule has 114 valence electrons. The van der Waals surface area contributed by atoms with Crippen LogP contribution in [0.1, 0.15) is 31.1 Å². The molecule has 0 bridgehead atoms. The number of nitrogens with one attached hydrogen (secondary N) is 2. The summed E-state index contributed by atoms with van der Waals surface area (Å²) in [7, 11) is 0. The Morgan fingerprint density at radius 1 is 1.33 bits per heavy atom. The number of rotatable bonds is 4. The molecular weight excluding hydrogens is 276 g/mol. The lowest BCUT2D eigenvalue weighted by atomic mass is 10.2. The maximum absolute atomic E-state index is 11.7. The Balaban J connectivity index is 2.55. The number of pyridine rings is 1. The van der Waals surface area contributed by atoms with Gasteiger partial charge in [0.05, 0.1) is 17.4 Å². The molecule has 8 nitrogen and oxygen atoms in total. The molecule has 0 spiro atoms. The minimum absolute atomic E-state index is 0.135. The molecule has 1 aromatic rings. The van der Waals surface area contributed by atoms with Gasteiger partial charge in [-0.1, -0.05) is 0 Å². The molecule has 1 aromatic heterocycles. The van der Waals surface area contributed by atoms with Crippen LogP contribution >= 0.6 is 0 Å². The highest BCUT2D eigenvalue weighted by atomic mass is 16.6. The highest BCUT2D eigenvalue weighted by Crippen LogP contribution is 2.12. The maximum atomic E-state index is 11.7. The summed E-state index contributed by atoms with van der Waals surface area (Å²) in [5.74, 6) is -1.22. The molecule has 0 aliphatic rings. The van der Waals surface area contributed by atoms with Crippen LogP contribution in [0.5, 0.6) is 0 Å². The molecule has 3 amide bonds. The molecule has 4 N–H and O–H groups in total. The SMILES string of the molecule is CC(C)(C)OC(=O)NCC(=O)Nc1cnccc1C(N)=O. The molecule has 0 fully saturated rings. The van der Waals surface area contributed by atoms with Gasteiger partial charge in [0.15, 0.2) is 0 Å². The second-order valence-electron chi connectivity index (χ2n) is 5.19. The summed E-state index contributed by atoms with van der Waals surface area (Å²) in [6.45, 7) is 4.83. The van der Waals surface area contributed by atoms with Gasteiger partial charge in [0.2, 0.25) is 5.91 Å². The zero-order chi connectivity index (χ0) is 16.0. The molecule has 0 aliphatic carbocycles. The van der Waals surface area contributed by atoms with E-state index in [-0.39, 0.29) is 17.8 Å². The van der Waals surface area contributed by atoms with Gasteiger partial charge in [0.25, 0.3) is 5.91 Å². The molecule has 0 radical (unpaired) electrons. The van der Waals surface area contributed by atoms with Gasteiger partial charge < -0.3 is 21.1 Å². The third-order valence-corrected chi connectivity index (χ3v) is 2.15. The van der Waals surface area contributed by atoms with Crippen LogP contribution in [0, 0.1) is 0 Å². The van der Waals surface area contributed by atoms with E-state index in [0.717, 1.165) is 0 Å². The average Bonchev–Trinajstić information content (AvgIpc) is 2.35. The number of carbonyl (C=O) groups is 3. The third kappa shape index (κ3) is 5.89. The summed E-state index contributed by atoms with van der Waals surface area (Å²) >= 11 is 0. The number of primary amides is 1. The molecule has 0 atom stereocenters. The number of carbonyl (C=O) groups excluding carboxylic acids is 3. The highest BCUT2D eigenvalue weighted by Gasteiger charge is 2.17. The molecule has 21 heavy (non-hydrogen) atoms. The van der Waals surface area contributed by atoms with E-state index in [0.29, 0.717) is 0 Å². The third-order valence-electron chi connectivity index (χ3n) is 2.15. The molecule has 0 aliphatic heterocycles. The zero-order valence-corrected chi connectivity index (χ0v) is 12.1. The fraction of sp³-hybridized carbons (Fsp3) is 0.385. The van der Waals surface area contributed by atoms with Crippen LogP contribution in [-0.4, -0.2) is 35.0 Å². The summed E-state index contributed by atoms with van der Waals surface area (Å²) < 4.78 is 4.98. The Hall–Kier alpha value is -2.64. The van der Waals surface area contributed by atoms with Gasteiger partial charge in [-0.3, -0.25) is 14.6 Å². The van der Waals surface area contributed by atoms with Crippen LogP contribution < -0.4 is 16.4 Å². The van der Waals surface area contributed by atoms with E-state index in [1.165, 1.54) is 18.5 Å². The number of ether oxygens (including phenoxy) is 1. The number of amides is 3. The topological polar surface area (TPSA) is 123 Å². The van der Waals surface area contributed by atoms with Crippen LogP contribution in [0.3, 0.4) is 0 Å².